The van der Waals surface area contributed by atoms with Crippen LogP contribution in [0.5, 0.6) is 0 Å². The van der Waals surface area contributed by atoms with Crippen molar-refractivity contribution in [2.75, 3.05) is 5.33 Å². The predicted molar refractivity (Wildman–Crippen MR) is 49.9 cm³/mol. The van der Waals surface area contributed by atoms with Gasteiger partial charge in [0, 0.05) is 18.0 Å². The molecule has 1 heterocycles. The standard InChI is InChI=1S/C8H5BrClN/c9-4-1-2-7-3-5-11-6-8(7)10/h3,5-6H,4H2. The van der Waals surface area contributed by atoms with E-state index in [4.69, 9.17) is 11.6 Å². The Morgan fingerprint density at radius 3 is 3.09 bits per heavy atom. The van der Waals surface area contributed by atoms with Crippen LogP contribution in [-0.2, 0) is 0 Å². The molecule has 0 aliphatic rings. The van der Waals surface area contributed by atoms with Gasteiger partial charge in [-0.3, -0.25) is 4.98 Å². The summed E-state index contributed by atoms with van der Waals surface area (Å²) in [5, 5.41) is 1.26. The Bertz CT molecular complexity index is 300. The molecule has 0 aromatic carbocycles. The van der Waals surface area contributed by atoms with Crippen molar-refractivity contribution in [3.8, 4) is 11.8 Å². The smallest absolute Gasteiger partial charge is 0.0745 e. The highest BCUT2D eigenvalue weighted by molar-refractivity contribution is 9.09. The molecule has 0 N–H and O–H groups in total. The molecule has 0 bridgehead atoms. The lowest BCUT2D eigenvalue weighted by molar-refractivity contribution is 1.32. The molecule has 0 amide bonds. The fraction of sp³-hybridized carbons (Fsp3) is 0.125. The highest BCUT2D eigenvalue weighted by Crippen LogP contribution is 2.11. The van der Waals surface area contributed by atoms with Crippen LogP contribution in [0.15, 0.2) is 18.5 Å². The molecule has 0 atom stereocenters. The van der Waals surface area contributed by atoms with Crippen LogP contribution in [0.3, 0.4) is 0 Å². The molecule has 11 heavy (non-hydrogen) atoms. The molecular formula is C8H5BrClN. The van der Waals surface area contributed by atoms with Gasteiger partial charge in [-0.25, -0.2) is 0 Å². The first-order valence-electron chi connectivity index (χ1n) is 2.99. The van der Waals surface area contributed by atoms with Crippen molar-refractivity contribution < 1.29 is 0 Å². The highest BCUT2D eigenvalue weighted by atomic mass is 79.9. The normalized spacial score (nSPS) is 8.55. The Kier molecular flexibility index (Phi) is 3.41. The van der Waals surface area contributed by atoms with Gasteiger partial charge in [-0.15, -0.1) is 0 Å². The number of nitrogens with zero attached hydrogens (tertiary/aromatic N) is 1. The van der Waals surface area contributed by atoms with Gasteiger partial charge >= 0.3 is 0 Å². The fourth-order valence-electron chi connectivity index (χ4n) is 0.605. The summed E-state index contributed by atoms with van der Waals surface area (Å²) < 4.78 is 0. The quantitative estimate of drug-likeness (QED) is 0.493. The Labute approximate surface area is 78.9 Å². The Morgan fingerprint density at radius 1 is 1.64 bits per heavy atom. The minimum atomic E-state index is 0.598. The summed E-state index contributed by atoms with van der Waals surface area (Å²) in [5.74, 6) is 5.75. The van der Waals surface area contributed by atoms with Crippen molar-refractivity contribution in [2.24, 2.45) is 0 Å². The summed E-state index contributed by atoms with van der Waals surface area (Å²) >= 11 is 8.98. The number of hydrogen-bond acceptors (Lipinski definition) is 1. The van der Waals surface area contributed by atoms with Gasteiger partial charge in [-0.05, 0) is 6.07 Å². The van der Waals surface area contributed by atoms with E-state index < -0.39 is 0 Å². The van der Waals surface area contributed by atoms with Gasteiger partial charge in [-0.1, -0.05) is 39.4 Å². The predicted octanol–water partition coefficient (Wildman–Crippen LogP) is 2.48. The first-order chi connectivity index (χ1) is 5.34. The summed E-state index contributed by atoms with van der Waals surface area (Å²) in [5.41, 5.74) is 0.820. The summed E-state index contributed by atoms with van der Waals surface area (Å²) in [6.45, 7) is 0. The van der Waals surface area contributed by atoms with Gasteiger partial charge in [0.25, 0.3) is 0 Å². The summed E-state index contributed by atoms with van der Waals surface area (Å²) in [6.07, 6.45) is 3.25. The number of alkyl halides is 1. The van der Waals surface area contributed by atoms with Crippen LogP contribution in [0.25, 0.3) is 0 Å². The van der Waals surface area contributed by atoms with E-state index in [1.165, 1.54) is 0 Å². The van der Waals surface area contributed by atoms with Gasteiger partial charge in [-0.2, -0.15) is 0 Å². The molecule has 0 saturated carbocycles. The van der Waals surface area contributed by atoms with E-state index in [2.05, 4.69) is 32.8 Å². The van der Waals surface area contributed by atoms with E-state index in [0.29, 0.717) is 10.4 Å². The van der Waals surface area contributed by atoms with Crippen molar-refractivity contribution in [2.45, 2.75) is 0 Å². The number of rotatable bonds is 0. The lowest BCUT2D eigenvalue weighted by Crippen LogP contribution is -1.78. The SMILES string of the molecule is Clc1cnccc1C#CCBr. The minimum absolute atomic E-state index is 0.598. The molecule has 0 radical (unpaired) electrons. The first-order valence-corrected chi connectivity index (χ1v) is 4.49. The van der Waals surface area contributed by atoms with Crippen molar-refractivity contribution in [1.29, 1.82) is 0 Å². The zero-order valence-electron chi connectivity index (χ0n) is 5.64. The third kappa shape index (κ3) is 2.53. The van der Waals surface area contributed by atoms with Crippen LogP contribution >= 0.6 is 27.5 Å². The van der Waals surface area contributed by atoms with E-state index in [1.54, 1.807) is 18.5 Å². The molecule has 1 aromatic heterocycles. The maximum absolute atomic E-state index is 5.78. The van der Waals surface area contributed by atoms with Crippen molar-refractivity contribution in [3.05, 3.63) is 29.0 Å². The van der Waals surface area contributed by atoms with E-state index in [-0.39, 0.29) is 0 Å². The van der Waals surface area contributed by atoms with Gasteiger partial charge in [0.15, 0.2) is 0 Å². The molecule has 0 aliphatic heterocycles. The Morgan fingerprint density at radius 2 is 2.45 bits per heavy atom. The fourth-order valence-corrected chi connectivity index (χ4v) is 0.912. The second kappa shape index (κ2) is 4.38. The minimum Gasteiger partial charge on any atom is -0.263 e. The van der Waals surface area contributed by atoms with Crippen molar-refractivity contribution in [1.82, 2.24) is 4.98 Å². The molecule has 0 spiro atoms. The molecule has 0 unspecified atom stereocenters. The second-order valence-corrected chi connectivity index (χ2v) is 2.76. The lowest BCUT2D eigenvalue weighted by Gasteiger charge is -1.90. The summed E-state index contributed by atoms with van der Waals surface area (Å²) in [4.78, 5) is 3.84. The molecule has 3 heteroatoms. The van der Waals surface area contributed by atoms with Crippen molar-refractivity contribution >= 4 is 27.5 Å². The number of aromatic nitrogens is 1. The van der Waals surface area contributed by atoms with E-state index in [9.17, 15) is 0 Å². The summed E-state index contributed by atoms with van der Waals surface area (Å²) in [7, 11) is 0. The third-order valence-electron chi connectivity index (χ3n) is 1.06. The number of halogens is 2. The zero-order valence-corrected chi connectivity index (χ0v) is 7.98. The average molecular weight is 230 g/mol. The maximum atomic E-state index is 5.78. The molecular weight excluding hydrogens is 225 g/mol. The van der Waals surface area contributed by atoms with Gasteiger partial charge in [0.05, 0.1) is 10.4 Å². The van der Waals surface area contributed by atoms with E-state index >= 15 is 0 Å². The summed E-state index contributed by atoms with van der Waals surface area (Å²) in [6, 6.07) is 1.79. The molecule has 0 saturated heterocycles. The number of hydrogen-bond donors (Lipinski definition) is 0. The molecule has 1 nitrogen and oxygen atoms in total. The number of pyridine rings is 1. The van der Waals surface area contributed by atoms with Crippen LogP contribution < -0.4 is 0 Å². The van der Waals surface area contributed by atoms with Crippen molar-refractivity contribution in [3.63, 3.8) is 0 Å². The third-order valence-corrected chi connectivity index (χ3v) is 1.64. The van der Waals surface area contributed by atoms with Gasteiger partial charge in [0.1, 0.15) is 0 Å². The van der Waals surface area contributed by atoms with Gasteiger partial charge < -0.3 is 0 Å². The zero-order chi connectivity index (χ0) is 8.10. The molecule has 1 rings (SSSR count). The topological polar surface area (TPSA) is 12.9 Å². The molecule has 0 aliphatic carbocycles. The van der Waals surface area contributed by atoms with Crippen LogP contribution in [0.2, 0.25) is 5.02 Å². The van der Waals surface area contributed by atoms with Crippen LogP contribution in [0.4, 0.5) is 0 Å². The van der Waals surface area contributed by atoms with Crippen LogP contribution in [0, 0.1) is 11.8 Å². The van der Waals surface area contributed by atoms with Gasteiger partial charge in [0.2, 0.25) is 0 Å². The van der Waals surface area contributed by atoms with Crippen LogP contribution in [-0.4, -0.2) is 10.3 Å². The largest absolute Gasteiger partial charge is 0.263 e. The van der Waals surface area contributed by atoms with E-state index in [0.717, 1.165) is 5.56 Å². The molecule has 56 valence electrons. The monoisotopic (exact) mass is 229 g/mol. The van der Waals surface area contributed by atoms with E-state index in [1.807, 2.05) is 0 Å². The lowest BCUT2D eigenvalue weighted by atomic mass is 10.3. The molecule has 1 aromatic rings. The first kappa shape index (κ1) is 8.58. The average Bonchev–Trinajstić information content (AvgIpc) is 2.03. The second-order valence-electron chi connectivity index (χ2n) is 1.79. The molecule has 0 fully saturated rings. The van der Waals surface area contributed by atoms with Crippen LogP contribution in [0.1, 0.15) is 5.56 Å². The maximum Gasteiger partial charge on any atom is 0.0745 e. The Hall–Kier alpha value is -0.520. The Balaban J connectivity index is 2.95. The highest BCUT2D eigenvalue weighted by Gasteiger charge is 1.92.